The van der Waals surface area contributed by atoms with Gasteiger partial charge in [-0.05, 0) is 49.7 Å². The van der Waals surface area contributed by atoms with Crippen LogP contribution >= 0.6 is 0 Å². The molecule has 0 saturated carbocycles. The Bertz CT molecular complexity index is 1440. The van der Waals surface area contributed by atoms with E-state index in [9.17, 15) is 39.0 Å². The molecule has 1 aliphatic rings. The Morgan fingerprint density at radius 3 is 1.98 bits per heavy atom. The van der Waals surface area contributed by atoms with Gasteiger partial charge in [0.2, 0.25) is 29.5 Å². The Labute approximate surface area is 286 Å². The zero-order valence-electron chi connectivity index (χ0n) is 28.1. The largest absolute Gasteiger partial charge is 0.480 e. The van der Waals surface area contributed by atoms with Gasteiger partial charge in [-0.15, -0.1) is 0 Å². The highest BCUT2D eigenvalue weighted by Crippen LogP contribution is 2.20. The number of aliphatic carboxylic acids is 1. The molecular formula is C35H48N6O8. The topological polar surface area (TPSA) is 220 Å². The number of hydrogen-bond donors (Lipinski definition) is 7. The van der Waals surface area contributed by atoms with E-state index in [-0.39, 0.29) is 31.7 Å². The van der Waals surface area contributed by atoms with Crippen LogP contribution in [0.2, 0.25) is 0 Å². The maximum atomic E-state index is 13.9. The predicted molar refractivity (Wildman–Crippen MR) is 181 cm³/mol. The van der Waals surface area contributed by atoms with E-state index in [1.807, 2.05) is 44.2 Å². The van der Waals surface area contributed by atoms with Gasteiger partial charge in [-0.2, -0.15) is 0 Å². The monoisotopic (exact) mass is 680 g/mol. The van der Waals surface area contributed by atoms with Crippen LogP contribution in [0.1, 0.15) is 51.2 Å². The number of nitrogens with one attached hydrogen (secondary N) is 4. The van der Waals surface area contributed by atoms with Crippen molar-refractivity contribution in [3.63, 3.8) is 0 Å². The van der Waals surface area contributed by atoms with Gasteiger partial charge in [0, 0.05) is 13.0 Å². The Balaban J connectivity index is 1.68. The summed E-state index contributed by atoms with van der Waals surface area (Å²) in [5.74, 6) is -4.42. The van der Waals surface area contributed by atoms with Crippen molar-refractivity contribution >= 4 is 35.5 Å². The van der Waals surface area contributed by atoms with E-state index in [0.717, 1.165) is 11.1 Å². The molecule has 1 aliphatic heterocycles. The molecule has 1 heterocycles. The minimum atomic E-state index is -1.56. The van der Waals surface area contributed by atoms with Gasteiger partial charge >= 0.3 is 5.97 Å². The molecule has 14 heteroatoms. The van der Waals surface area contributed by atoms with Crippen molar-refractivity contribution in [2.45, 2.75) is 89.2 Å². The van der Waals surface area contributed by atoms with Crippen LogP contribution in [-0.4, -0.2) is 100 Å². The highest BCUT2D eigenvalue weighted by molar-refractivity contribution is 5.95. The third-order valence-electron chi connectivity index (χ3n) is 8.20. The molecule has 3 rings (SSSR count). The molecule has 2 aromatic rings. The first-order valence-electron chi connectivity index (χ1n) is 16.5. The number of nitrogens with zero attached hydrogens (tertiary/aromatic N) is 1. The molecule has 2 aromatic carbocycles. The number of carboxylic acid groups (broad SMARTS) is 1. The van der Waals surface area contributed by atoms with E-state index >= 15 is 0 Å². The molecule has 6 atom stereocenters. The molecule has 8 N–H and O–H groups in total. The fraction of sp³-hybridized carbons (Fsp3) is 0.486. The number of aliphatic hydroxyl groups is 1. The normalized spacial score (nSPS) is 17.3. The number of likely N-dealkylation sites (tertiary alicyclic amines) is 1. The zero-order valence-corrected chi connectivity index (χ0v) is 28.1. The average molecular weight is 681 g/mol. The summed E-state index contributed by atoms with van der Waals surface area (Å²) < 4.78 is 0. The maximum Gasteiger partial charge on any atom is 0.328 e. The molecule has 266 valence electrons. The van der Waals surface area contributed by atoms with E-state index in [0.29, 0.717) is 12.8 Å². The van der Waals surface area contributed by atoms with Gasteiger partial charge in [0.25, 0.3) is 0 Å². The standard InChI is InChI=1S/C35H48N6O8/c1-21(2)17-26(39-31(44)25(36)18-23-11-6-4-7-12-23)32(45)37-20-29(43)38-27(19-24-13-8-5-9-14-24)34(47)41-16-10-15-28(41)33(46)40-30(22(3)42)35(48)49/h4-9,11-14,21-22,25-28,30,42H,10,15-20,36H2,1-3H3,(H,37,45)(H,38,43)(H,39,44)(H,40,46)(H,48,49). The molecule has 5 amide bonds. The molecule has 1 saturated heterocycles. The third kappa shape index (κ3) is 12.0. The van der Waals surface area contributed by atoms with Gasteiger partial charge in [0.05, 0.1) is 18.7 Å². The van der Waals surface area contributed by atoms with Crippen molar-refractivity contribution in [1.82, 2.24) is 26.2 Å². The first-order chi connectivity index (χ1) is 23.3. The Kier molecular flexibility index (Phi) is 14.7. The van der Waals surface area contributed by atoms with E-state index in [1.165, 1.54) is 11.8 Å². The second kappa shape index (κ2) is 18.7. The van der Waals surface area contributed by atoms with E-state index in [4.69, 9.17) is 5.73 Å². The summed E-state index contributed by atoms with van der Waals surface area (Å²) >= 11 is 0. The summed E-state index contributed by atoms with van der Waals surface area (Å²) in [6.45, 7) is 4.73. The number of amides is 5. The number of carboxylic acids is 1. The first-order valence-corrected chi connectivity index (χ1v) is 16.5. The number of rotatable bonds is 17. The second-order valence-corrected chi connectivity index (χ2v) is 12.8. The number of carbonyl (C=O) groups excluding carboxylic acids is 5. The molecular weight excluding hydrogens is 632 g/mol. The summed E-state index contributed by atoms with van der Waals surface area (Å²) in [6.07, 6.45) is 0.0259. The fourth-order valence-corrected chi connectivity index (χ4v) is 5.67. The van der Waals surface area contributed by atoms with Crippen LogP contribution in [-0.2, 0) is 41.6 Å². The van der Waals surface area contributed by atoms with E-state index in [2.05, 4.69) is 21.3 Å². The molecule has 6 unspecified atom stereocenters. The van der Waals surface area contributed by atoms with Crippen LogP contribution in [0.25, 0.3) is 0 Å². The van der Waals surface area contributed by atoms with Gasteiger partial charge in [-0.25, -0.2) is 4.79 Å². The lowest BCUT2D eigenvalue weighted by molar-refractivity contribution is -0.147. The fourth-order valence-electron chi connectivity index (χ4n) is 5.67. The summed E-state index contributed by atoms with van der Waals surface area (Å²) in [7, 11) is 0. The first kappa shape index (κ1) is 38.6. The van der Waals surface area contributed by atoms with Crippen LogP contribution in [0.5, 0.6) is 0 Å². The summed E-state index contributed by atoms with van der Waals surface area (Å²) in [5.41, 5.74) is 7.73. The van der Waals surface area contributed by atoms with Gasteiger partial charge in [0.1, 0.15) is 18.1 Å². The summed E-state index contributed by atoms with van der Waals surface area (Å²) in [4.78, 5) is 79.0. The van der Waals surface area contributed by atoms with Crippen LogP contribution in [0.15, 0.2) is 60.7 Å². The van der Waals surface area contributed by atoms with Crippen LogP contribution in [0, 0.1) is 5.92 Å². The number of benzene rings is 2. The highest BCUT2D eigenvalue weighted by atomic mass is 16.4. The molecule has 0 spiro atoms. The van der Waals surface area contributed by atoms with Gasteiger partial charge in [0.15, 0.2) is 6.04 Å². The van der Waals surface area contributed by atoms with Crippen molar-refractivity contribution in [3.05, 3.63) is 71.8 Å². The van der Waals surface area contributed by atoms with Gasteiger partial charge in [-0.1, -0.05) is 74.5 Å². The van der Waals surface area contributed by atoms with Gasteiger partial charge < -0.3 is 42.1 Å². The number of nitrogens with two attached hydrogens (primary N) is 1. The molecule has 0 radical (unpaired) electrons. The van der Waals surface area contributed by atoms with Crippen molar-refractivity contribution in [2.75, 3.05) is 13.1 Å². The SMILES string of the molecule is CC(C)CC(NC(=O)C(N)Cc1ccccc1)C(=O)NCC(=O)NC(Cc1ccccc1)C(=O)N1CCCC1C(=O)NC(C(=O)O)C(C)O. The van der Waals surface area contributed by atoms with Crippen molar-refractivity contribution in [1.29, 1.82) is 0 Å². The molecule has 0 aromatic heterocycles. The van der Waals surface area contributed by atoms with Crippen LogP contribution < -0.4 is 27.0 Å². The molecule has 14 nitrogen and oxygen atoms in total. The summed E-state index contributed by atoms with van der Waals surface area (Å²) in [5, 5.41) is 29.4. The quantitative estimate of drug-likeness (QED) is 0.118. The van der Waals surface area contributed by atoms with Crippen molar-refractivity contribution in [3.8, 4) is 0 Å². The minimum absolute atomic E-state index is 0.0278. The minimum Gasteiger partial charge on any atom is -0.480 e. The number of aliphatic hydroxyl groups excluding tert-OH is 1. The van der Waals surface area contributed by atoms with Crippen molar-refractivity contribution in [2.24, 2.45) is 11.7 Å². The Morgan fingerprint density at radius 1 is 0.837 bits per heavy atom. The lowest BCUT2D eigenvalue weighted by atomic mass is 10.0. The third-order valence-corrected chi connectivity index (χ3v) is 8.20. The lowest BCUT2D eigenvalue weighted by Crippen LogP contribution is -2.58. The summed E-state index contributed by atoms with van der Waals surface area (Å²) in [6, 6.07) is 12.6. The highest BCUT2D eigenvalue weighted by Gasteiger charge is 2.39. The van der Waals surface area contributed by atoms with Crippen LogP contribution in [0.4, 0.5) is 0 Å². The Morgan fingerprint density at radius 2 is 1.43 bits per heavy atom. The maximum absolute atomic E-state index is 13.9. The lowest BCUT2D eigenvalue weighted by Gasteiger charge is -2.30. The molecule has 0 aliphatic carbocycles. The molecule has 0 bridgehead atoms. The molecule has 1 fully saturated rings. The molecule has 49 heavy (non-hydrogen) atoms. The van der Waals surface area contributed by atoms with E-state index < -0.39 is 78.4 Å². The average Bonchev–Trinajstić information content (AvgIpc) is 3.56. The van der Waals surface area contributed by atoms with Crippen LogP contribution in [0.3, 0.4) is 0 Å². The van der Waals surface area contributed by atoms with Gasteiger partial charge in [-0.3, -0.25) is 24.0 Å². The number of hydrogen-bond acceptors (Lipinski definition) is 8. The number of carbonyl (C=O) groups is 6. The predicted octanol–water partition coefficient (Wildman–Crippen LogP) is -0.128. The second-order valence-electron chi connectivity index (χ2n) is 12.8. The van der Waals surface area contributed by atoms with Crippen molar-refractivity contribution < 1.29 is 39.0 Å². The Hall–Kier alpha value is -4.82. The van der Waals surface area contributed by atoms with E-state index in [1.54, 1.807) is 30.3 Å². The smallest absolute Gasteiger partial charge is 0.328 e. The zero-order chi connectivity index (χ0) is 36.1.